The normalized spacial score (nSPS) is 18.0. The highest BCUT2D eigenvalue weighted by atomic mass is 32.2. The number of hydrogen-bond donors (Lipinski definition) is 1. The molecule has 1 fully saturated rings. The Morgan fingerprint density at radius 1 is 1.33 bits per heavy atom. The molecule has 24 heavy (non-hydrogen) atoms. The van der Waals surface area contributed by atoms with E-state index in [1.807, 2.05) is 18.2 Å². The predicted molar refractivity (Wildman–Crippen MR) is 97.6 cm³/mol. The van der Waals surface area contributed by atoms with Crippen molar-refractivity contribution in [1.82, 2.24) is 9.88 Å². The Balaban J connectivity index is 1.53. The number of aromatic nitrogens is 1. The van der Waals surface area contributed by atoms with E-state index >= 15 is 0 Å². The maximum atomic E-state index is 12.5. The number of para-hydroxylation sites is 1. The van der Waals surface area contributed by atoms with E-state index in [4.69, 9.17) is 5.11 Å². The van der Waals surface area contributed by atoms with Gasteiger partial charge in [0.1, 0.15) is 0 Å². The molecule has 1 unspecified atom stereocenters. The molecule has 1 aromatic heterocycles. The van der Waals surface area contributed by atoms with Crippen molar-refractivity contribution in [3.05, 3.63) is 29.3 Å². The first-order chi connectivity index (χ1) is 11.6. The van der Waals surface area contributed by atoms with Gasteiger partial charge in [-0.2, -0.15) is 11.8 Å². The number of nitrogens with zero attached hydrogens (tertiary/aromatic N) is 2. The first kappa shape index (κ1) is 17.2. The fourth-order valence-electron chi connectivity index (χ4n) is 2.92. The van der Waals surface area contributed by atoms with E-state index < -0.39 is 5.97 Å². The molecule has 1 aliphatic rings. The number of aliphatic carboxylic acids is 1. The molecule has 5 nitrogen and oxygen atoms in total. The van der Waals surface area contributed by atoms with Crippen molar-refractivity contribution in [2.45, 2.75) is 31.7 Å². The summed E-state index contributed by atoms with van der Waals surface area (Å²) in [5, 5.41) is 10.1. The lowest BCUT2D eigenvalue weighted by molar-refractivity contribution is -0.140. The summed E-state index contributed by atoms with van der Waals surface area (Å²) in [6.07, 6.45) is 2.03. The van der Waals surface area contributed by atoms with Crippen LogP contribution in [0.3, 0.4) is 0 Å². The molecular weight excluding hydrogens is 344 g/mol. The van der Waals surface area contributed by atoms with Crippen molar-refractivity contribution in [2.75, 3.05) is 18.1 Å². The molecule has 1 atom stereocenters. The summed E-state index contributed by atoms with van der Waals surface area (Å²) in [5.41, 5.74) is 1.01. The van der Waals surface area contributed by atoms with Crippen molar-refractivity contribution < 1.29 is 14.7 Å². The molecule has 128 valence electrons. The Labute approximate surface area is 149 Å². The summed E-state index contributed by atoms with van der Waals surface area (Å²) < 4.78 is 1.17. The smallest absolute Gasteiger partial charge is 0.305 e. The van der Waals surface area contributed by atoms with Gasteiger partial charge in [0.25, 0.3) is 0 Å². The zero-order valence-corrected chi connectivity index (χ0v) is 14.9. The standard InChI is InChI=1S/C17H20N2O3S2/c20-16(19-8-9-23-11-12(19)10-17(21)22)7-3-6-15-18-13-4-1-2-5-14(13)24-15/h1-2,4-5,12H,3,6-11H2,(H,21,22). The topological polar surface area (TPSA) is 70.5 Å². The van der Waals surface area contributed by atoms with Gasteiger partial charge in [0, 0.05) is 24.5 Å². The lowest BCUT2D eigenvalue weighted by Gasteiger charge is -2.34. The molecule has 2 aromatic rings. The summed E-state index contributed by atoms with van der Waals surface area (Å²) in [6, 6.07) is 7.87. The molecule has 1 saturated heterocycles. The molecule has 0 radical (unpaired) electrons. The van der Waals surface area contributed by atoms with Crippen molar-refractivity contribution >= 4 is 45.2 Å². The Hall–Kier alpha value is -1.60. The second-order valence-corrected chi connectivity index (χ2v) is 8.11. The Kier molecular flexibility index (Phi) is 5.73. The predicted octanol–water partition coefficient (Wildman–Crippen LogP) is 3.04. The maximum Gasteiger partial charge on any atom is 0.305 e. The van der Waals surface area contributed by atoms with Crippen LogP contribution in [0.4, 0.5) is 0 Å². The van der Waals surface area contributed by atoms with Crippen LogP contribution >= 0.6 is 23.1 Å². The van der Waals surface area contributed by atoms with E-state index in [2.05, 4.69) is 11.1 Å². The number of carboxylic acids is 1. The molecule has 1 aromatic carbocycles. The average molecular weight is 364 g/mol. The molecule has 7 heteroatoms. The number of carbonyl (C=O) groups excluding carboxylic acids is 1. The zero-order chi connectivity index (χ0) is 16.9. The molecule has 3 rings (SSSR count). The molecule has 1 amide bonds. The van der Waals surface area contributed by atoms with Gasteiger partial charge in [-0.25, -0.2) is 4.98 Å². The highest BCUT2D eigenvalue weighted by Crippen LogP contribution is 2.24. The SMILES string of the molecule is O=C(O)CC1CSCCN1C(=O)CCCc1nc2ccccc2s1. The number of hydrogen-bond acceptors (Lipinski definition) is 5. The highest BCUT2D eigenvalue weighted by molar-refractivity contribution is 7.99. The lowest BCUT2D eigenvalue weighted by Crippen LogP contribution is -2.47. The number of thiazole rings is 1. The lowest BCUT2D eigenvalue weighted by atomic mass is 10.1. The monoisotopic (exact) mass is 364 g/mol. The molecule has 1 aliphatic heterocycles. The van der Waals surface area contributed by atoms with E-state index in [0.29, 0.717) is 13.0 Å². The van der Waals surface area contributed by atoms with Crippen LogP contribution in [-0.4, -0.2) is 51.0 Å². The maximum absolute atomic E-state index is 12.5. The van der Waals surface area contributed by atoms with E-state index in [-0.39, 0.29) is 18.4 Å². The van der Waals surface area contributed by atoms with E-state index in [0.717, 1.165) is 34.9 Å². The molecule has 2 heterocycles. The highest BCUT2D eigenvalue weighted by Gasteiger charge is 2.28. The average Bonchev–Trinajstić information content (AvgIpc) is 2.97. The van der Waals surface area contributed by atoms with Gasteiger partial charge in [0.05, 0.1) is 27.7 Å². The summed E-state index contributed by atoms with van der Waals surface area (Å²) in [4.78, 5) is 29.8. The van der Waals surface area contributed by atoms with E-state index in [9.17, 15) is 9.59 Å². The van der Waals surface area contributed by atoms with Crippen LogP contribution in [0.5, 0.6) is 0 Å². The third-order valence-corrected chi connectivity index (χ3v) is 6.27. The number of fused-ring (bicyclic) bond motifs is 1. The fourth-order valence-corrected chi connectivity index (χ4v) is 4.99. The van der Waals surface area contributed by atoms with Gasteiger partial charge in [0.2, 0.25) is 5.91 Å². The van der Waals surface area contributed by atoms with E-state index in [1.54, 1.807) is 28.0 Å². The number of benzene rings is 1. The van der Waals surface area contributed by atoms with Crippen LogP contribution in [0, 0.1) is 0 Å². The molecule has 0 bridgehead atoms. The number of aryl methyl sites for hydroxylation is 1. The quantitative estimate of drug-likeness (QED) is 0.853. The first-order valence-corrected chi connectivity index (χ1v) is 10.0. The molecular formula is C17H20N2O3S2. The second kappa shape index (κ2) is 7.98. The van der Waals surface area contributed by atoms with Gasteiger partial charge in [-0.15, -0.1) is 11.3 Å². The van der Waals surface area contributed by atoms with Gasteiger partial charge in [-0.3, -0.25) is 9.59 Å². The number of amides is 1. The molecule has 0 aliphatic carbocycles. The van der Waals surface area contributed by atoms with Gasteiger partial charge in [-0.05, 0) is 25.0 Å². The van der Waals surface area contributed by atoms with Crippen LogP contribution in [0.1, 0.15) is 24.3 Å². The molecule has 1 N–H and O–H groups in total. The van der Waals surface area contributed by atoms with Crippen molar-refractivity contribution in [1.29, 1.82) is 0 Å². The summed E-state index contributed by atoms with van der Waals surface area (Å²) in [7, 11) is 0. The first-order valence-electron chi connectivity index (χ1n) is 8.07. The fraction of sp³-hybridized carbons (Fsp3) is 0.471. The van der Waals surface area contributed by atoms with Crippen molar-refractivity contribution in [3.63, 3.8) is 0 Å². The number of thioether (sulfide) groups is 1. The van der Waals surface area contributed by atoms with Crippen LogP contribution in [-0.2, 0) is 16.0 Å². The van der Waals surface area contributed by atoms with Crippen molar-refractivity contribution in [3.8, 4) is 0 Å². The van der Waals surface area contributed by atoms with Crippen LogP contribution in [0.2, 0.25) is 0 Å². The van der Waals surface area contributed by atoms with E-state index in [1.165, 1.54) is 4.70 Å². The largest absolute Gasteiger partial charge is 0.481 e. The minimum Gasteiger partial charge on any atom is -0.481 e. The van der Waals surface area contributed by atoms with Crippen LogP contribution < -0.4 is 0 Å². The van der Waals surface area contributed by atoms with Crippen LogP contribution in [0.15, 0.2) is 24.3 Å². The second-order valence-electron chi connectivity index (χ2n) is 5.84. The van der Waals surface area contributed by atoms with Gasteiger partial charge in [-0.1, -0.05) is 12.1 Å². The Morgan fingerprint density at radius 3 is 2.96 bits per heavy atom. The molecule has 0 saturated carbocycles. The minimum atomic E-state index is -0.838. The number of rotatable bonds is 6. The summed E-state index contributed by atoms with van der Waals surface area (Å²) in [6.45, 7) is 0.655. The molecule has 0 spiro atoms. The number of carbonyl (C=O) groups is 2. The van der Waals surface area contributed by atoms with Crippen molar-refractivity contribution in [2.24, 2.45) is 0 Å². The van der Waals surface area contributed by atoms with Gasteiger partial charge < -0.3 is 10.0 Å². The Bertz CT molecular complexity index is 698. The summed E-state index contributed by atoms with van der Waals surface area (Å²) >= 11 is 3.40. The van der Waals surface area contributed by atoms with Gasteiger partial charge in [0.15, 0.2) is 0 Å². The number of carboxylic acid groups (broad SMARTS) is 1. The Morgan fingerprint density at radius 2 is 2.17 bits per heavy atom. The zero-order valence-electron chi connectivity index (χ0n) is 13.3. The van der Waals surface area contributed by atoms with Gasteiger partial charge >= 0.3 is 5.97 Å². The third-order valence-electron chi connectivity index (χ3n) is 4.08. The minimum absolute atomic E-state index is 0.0383. The third kappa shape index (κ3) is 4.27. The summed E-state index contributed by atoms with van der Waals surface area (Å²) in [5.74, 6) is 0.841. The van der Waals surface area contributed by atoms with Crippen LogP contribution in [0.25, 0.3) is 10.2 Å².